The largest absolute Gasteiger partial charge is 0.489 e. The summed E-state index contributed by atoms with van der Waals surface area (Å²) in [5.41, 5.74) is 3.99. The van der Waals surface area contributed by atoms with Gasteiger partial charge in [0.05, 0.1) is 34.9 Å². The third-order valence-corrected chi connectivity index (χ3v) is 6.56. The topological polar surface area (TPSA) is 99.3 Å². The van der Waals surface area contributed by atoms with Crippen molar-refractivity contribution in [3.05, 3.63) is 59.3 Å². The van der Waals surface area contributed by atoms with Crippen LogP contribution in [0.3, 0.4) is 0 Å². The molecule has 0 saturated carbocycles. The highest BCUT2D eigenvalue weighted by Gasteiger charge is 2.33. The Bertz CT molecular complexity index is 1380. The standard InChI is InChI=1S/C27H26FN5O3/c1-3-5-22(34)33-13-10-17(33)15-36-21-14-29-11-8-18(21)25-26(23-20(31-25)9-12-30-27(23)35)32-24-16(2)6-4-7-19(24)28/h4,6-8,11,14,17,31-32H,9-10,12-13,15H2,1-2H3,(H,30,35)/t17-/m1/s1. The monoisotopic (exact) mass is 487 g/mol. The molecule has 2 aliphatic rings. The molecule has 1 atom stereocenters. The molecule has 184 valence electrons. The Morgan fingerprint density at radius 2 is 2.19 bits per heavy atom. The molecule has 1 aromatic carbocycles. The number of nitrogens with zero attached hydrogens (tertiary/aromatic N) is 2. The van der Waals surface area contributed by atoms with Crippen molar-refractivity contribution < 1.29 is 18.7 Å². The first-order valence-electron chi connectivity index (χ1n) is 11.8. The summed E-state index contributed by atoms with van der Waals surface area (Å²) < 4.78 is 20.9. The fraction of sp³-hybridized carbons (Fsp3) is 0.296. The number of amides is 2. The lowest BCUT2D eigenvalue weighted by Crippen LogP contribution is -2.53. The van der Waals surface area contributed by atoms with E-state index in [1.807, 2.05) is 0 Å². The highest BCUT2D eigenvalue weighted by Crippen LogP contribution is 2.41. The van der Waals surface area contributed by atoms with Crippen molar-refractivity contribution in [1.82, 2.24) is 20.2 Å². The van der Waals surface area contributed by atoms with Gasteiger partial charge in [-0.25, -0.2) is 4.39 Å². The van der Waals surface area contributed by atoms with E-state index in [2.05, 4.69) is 32.4 Å². The molecule has 2 aromatic heterocycles. The van der Waals surface area contributed by atoms with Crippen LogP contribution in [0.25, 0.3) is 11.3 Å². The molecule has 0 bridgehead atoms. The van der Waals surface area contributed by atoms with E-state index < -0.39 is 5.82 Å². The number of halogens is 1. The number of rotatable bonds is 6. The summed E-state index contributed by atoms with van der Waals surface area (Å²) in [5.74, 6) is 4.85. The van der Waals surface area contributed by atoms with Crippen molar-refractivity contribution in [3.8, 4) is 28.8 Å². The number of ether oxygens (including phenoxy) is 1. The maximum atomic E-state index is 14.7. The van der Waals surface area contributed by atoms with E-state index in [4.69, 9.17) is 4.74 Å². The molecule has 3 N–H and O–H groups in total. The minimum Gasteiger partial charge on any atom is -0.489 e. The fourth-order valence-electron chi connectivity index (χ4n) is 4.57. The van der Waals surface area contributed by atoms with E-state index in [1.165, 1.54) is 6.07 Å². The van der Waals surface area contributed by atoms with Crippen LogP contribution in [-0.2, 0) is 11.2 Å². The summed E-state index contributed by atoms with van der Waals surface area (Å²) in [6.45, 7) is 4.88. The van der Waals surface area contributed by atoms with Gasteiger partial charge >= 0.3 is 0 Å². The first-order valence-corrected chi connectivity index (χ1v) is 11.8. The predicted octanol–water partition coefficient (Wildman–Crippen LogP) is 3.56. The molecule has 2 aliphatic heterocycles. The number of aromatic amines is 1. The lowest BCUT2D eigenvalue weighted by molar-refractivity contribution is -0.133. The van der Waals surface area contributed by atoms with Crippen LogP contribution >= 0.6 is 0 Å². The van der Waals surface area contributed by atoms with Crippen LogP contribution in [0.1, 0.15) is 35.0 Å². The first kappa shape index (κ1) is 23.4. The number of aryl methyl sites for hydroxylation is 1. The molecule has 36 heavy (non-hydrogen) atoms. The van der Waals surface area contributed by atoms with Crippen molar-refractivity contribution in [1.29, 1.82) is 0 Å². The molecule has 2 amide bonds. The van der Waals surface area contributed by atoms with Crippen LogP contribution in [0.2, 0.25) is 0 Å². The van der Waals surface area contributed by atoms with Gasteiger partial charge in [0.2, 0.25) is 0 Å². The number of H-pyrrole nitrogens is 1. The van der Waals surface area contributed by atoms with Gasteiger partial charge in [-0.1, -0.05) is 18.1 Å². The number of aromatic nitrogens is 2. The average Bonchev–Trinajstić information content (AvgIpc) is 3.21. The predicted molar refractivity (Wildman–Crippen MR) is 134 cm³/mol. The van der Waals surface area contributed by atoms with Gasteiger partial charge < -0.3 is 25.3 Å². The molecule has 1 saturated heterocycles. The molecule has 0 aliphatic carbocycles. The Balaban J connectivity index is 1.50. The second-order valence-corrected chi connectivity index (χ2v) is 8.79. The number of hydrogen-bond donors (Lipinski definition) is 3. The van der Waals surface area contributed by atoms with E-state index >= 15 is 0 Å². The normalized spacial score (nSPS) is 16.2. The Labute approximate surface area is 208 Å². The molecule has 3 aromatic rings. The molecule has 9 heteroatoms. The van der Waals surface area contributed by atoms with Gasteiger partial charge in [-0.3, -0.25) is 14.6 Å². The summed E-state index contributed by atoms with van der Waals surface area (Å²) >= 11 is 0. The molecule has 0 unspecified atom stereocenters. The van der Waals surface area contributed by atoms with Crippen molar-refractivity contribution in [2.45, 2.75) is 32.7 Å². The minimum absolute atomic E-state index is 0.0762. The van der Waals surface area contributed by atoms with Crippen molar-refractivity contribution in [2.24, 2.45) is 0 Å². The van der Waals surface area contributed by atoms with Crippen LogP contribution in [0.15, 0.2) is 36.7 Å². The Hall–Kier alpha value is -4.32. The SMILES string of the molecule is CC#CC(=O)N1CC[C@@H]1COc1cnccc1-c1[nH]c2c(c1Nc1c(C)cccc1F)C(=O)NCC2. The summed E-state index contributed by atoms with van der Waals surface area (Å²) in [6, 6.07) is 6.54. The van der Waals surface area contributed by atoms with Crippen LogP contribution in [-0.4, -0.2) is 52.4 Å². The molecular weight excluding hydrogens is 461 g/mol. The maximum absolute atomic E-state index is 14.7. The number of nitrogens with one attached hydrogen (secondary N) is 3. The number of benzene rings is 1. The van der Waals surface area contributed by atoms with Crippen molar-refractivity contribution >= 4 is 23.2 Å². The second-order valence-electron chi connectivity index (χ2n) is 8.79. The van der Waals surface area contributed by atoms with Crippen LogP contribution in [0.5, 0.6) is 5.75 Å². The van der Waals surface area contributed by atoms with E-state index in [0.29, 0.717) is 59.0 Å². The lowest BCUT2D eigenvalue weighted by Gasteiger charge is -2.39. The summed E-state index contributed by atoms with van der Waals surface area (Å²) in [5, 5.41) is 6.05. The van der Waals surface area contributed by atoms with Crippen LogP contribution in [0.4, 0.5) is 15.8 Å². The van der Waals surface area contributed by atoms with Gasteiger partial charge in [0.1, 0.15) is 18.2 Å². The van der Waals surface area contributed by atoms with Gasteiger partial charge in [-0.15, -0.1) is 0 Å². The zero-order chi connectivity index (χ0) is 25.2. The van der Waals surface area contributed by atoms with Crippen molar-refractivity contribution in [2.75, 3.05) is 25.0 Å². The third kappa shape index (κ3) is 4.26. The first-order chi connectivity index (χ1) is 17.5. The van der Waals surface area contributed by atoms with Gasteiger partial charge in [-0.2, -0.15) is 0 Å². The molecule has 4 heterocycles. The average molecular weight is 488 g/mol. The quantitative estimate of drug-likeness (QED) is 0.462. The smallest absolute Gasteiger partial charge is 0.298 e. The molecule has 0 spiro atoms. The van der Waals surface area contributed by atoms with E-state index in [9.17, 15) is 14.0 Å². The zero-order valence-corrected chi connectivity index (χ0v) is 20.1. The second kappa shape index (κ2) is 9.74. The van der Waals surface area contributed by atoms with Gasteiger partial charge in [0.25, 0.3) is 11.8 Å². The van der Waals surface area contributed by atoms with Crippen molar-refractivity contribution in [3.63, 3.8) is 0 Å². The number of hydrogen-bond acceptors (Lipinski definition) is 5. The molecule has 5 rings (SSSR count). The number of para-hydroxylation sites is 1. The third-order valence-electron chi connectivity index (χ3n) is 6.56. The Morgan fingerprint density at radius 1 is 1.33 bits per heavy atom. The Morgan fingerprint density at radius 3 is 2.94 bits per heavy atom. The van der Waals surface area contributed by atoms with E-state index in [1.54, 1.807) is 49.3 Å². The molecule has 0 radical (unpaired) electrons. The number of pyridine rings is 1. The van der Waals surface area contributed by atoms with E-state index in [-0.39, 0.29) is 24.5 Å². The highest BCUT2D eigenvalue weighted by molar-refractivity contribution is 6.06. The van der Waals surface area contributed by atoms with Crippen LogP contribution < -0.4 is 15.4 Å². The zero-order valence-electron chi connectivity index (χ0n) is 20.1. The molecule has 8 nitrogen and oxygen atoms in total. The van der Waals surface area contributed by atoms with Gasteiger partial charge in [0.15, 0.2) is 0 Å². The fourth-order valence-corrected chi connectivity index (χ4v) is 4.57. The number of fused-ring (bicyclic) bond motifs is 1. The van der Waals surface area contributed by atoms with Gasteiger partial charge in [-0.05, 0) is 43.9 Å². The summed E-state index contributed by atoms with van der Waals surface area (Å²) in [4.78, 5) is 34.3. The minimum atomic E-state index is -0.414. The maximum Gasteiger partial charge on any atom is 0.298 e. The van der Waals surface area contributed by atoms with Crippen LogP contribution in [0, 0.1) is 24.6 Å². The summed E-state index contributed by atoms with van der Waals surface area (Å²) in [7, 11) is 0. The number of likely N-dealkylation sites (tertiary alicyclic amines) is 1. The number of carbonyl (C=O) groups excluding carboxylic acids is 2. The lowest BCUT2D eigenvalue weighted by atomic mass is 10.0. The summed E-state index contributed by atoms with van der Waals surface area (Å²) in [6.07, 6.45) is 4.67. The number of carbonyl (C=O) groups is 2. The molecule has 1 fully saturated rings. The Kier molecular flexibility index (Phi) is 6.34. The highest BCUT2D eigenvalue weighted by atomic mass is 19.1. The molecular formula is C27H26FN5O3. The van der Waals surface area contributed by atoms with E-state index in [0.717, 1.165) is 12.1 Å². The number of anilines is 2. The van der Waals surface area contributed by atoms with Gasteiger partial charge in [0, 0.05) is 37.0 Å².